The van der Waals surface area contributed by atoms with Gasteiger partial charge >= 0.3 is 0 Å². The minimum atomic E-state index is -0.796. The molecule has 0 aliphatic heterocycles. The van der Waals surface area contributed by atoms with Crippen LogP contribution in [0.2, 0.25) is 0 Å². The Bertz CT molecular complexity index is 1120. The number of anilines is 3. The van der Waals surface area contributed by atoms with E-state index in [0.29, 0.717) is 31.2 Å². The van der Waals surface area contributed by atoms with Gasteiger partial charge in [0.05, 0.1) is 17.7 Å². The summed E-state index contributed by atoms with van der Waals surface area (Å²) in [6.07, 6.45) is 0.675. The van der Waals surface area contributed by atoms with Gasteiger partial charge < -0.3 is 31.6 Å². The van der Waals surface area contributed by atoms with Crippen LogP contribution in [0, 0.1) is 5.82 Å². The van der Waals surface area contributed by atoms with Crippen molar-refractivity contribution >= 4 is 34.1 Å². The van der Waals surface area contributed by atoms with Crippen molar-refractivity contribution in [1.82, 2.24) is 9.97 Å². The van der Waals surface area contributed by atoms with Crippen molar-refractivity contribution in [3.8, 4) is 5.88 Å². The molecule has 33 heavy (non-hydrogen) atoms. The number of nitrogens with one attached hydrogen (secondary N) is 2. The number of hydrogen-bond acceptors (Lipinski definition) is 8. The summed E-state index contributed by atoms with van der Waals surface area (Å²) in [4.78, 5) is 20.7. The number of fused-ring (bicyclic) bond motifs is 1. The number of hydrogen-bond donors (Lipinski definition) is 4. The second kappa shape index (κ2) is 10.9. The first-order chi connectivity index (χ1) is 15.8. The first-order valence-electron chi connectivity index (χ1n) is 10.6. The van der Waals surface area contributed by atoms with Crippen LogP contribution in [0.4, 0.5) is 21.7 Å². The molecule has 0 spiro atoms. The highest BCUT2D eigenvalue weighted by atomic mass is 19.1. The highest BCUT2D eigenvalue weighted by molar-refractivity contribution is 5.99. The summed E-state index contributed by atoms with van der Waals surface area (Å²) in [5.74, 6) is -0.858. The van der Waals surface area contributed by atoms with Crippen LogP contribution in [0.1, 0.15) is 30.6 Å². The van der Waals surface area contributed by atoms with E-state index in [-0.39, 0.29) is 29.3 Å². The number of carbonyl (C=O) groups is 1. The molecular formula is C23H29FN6O3. The Hall–Kier alpha value is -3.50. The Morgan fingerprint density at radius 2 is 1.94 bits per heavy atom. The monoisotopic (exact) mass is 456 g/mol. The predicted octanol–water partition coefficient (Wildman–Crippen LogP) is 3.17. The summed E-state index contributed by atoms with van der Waals surface area (Å²) in [6, 6.07) is 9.69. The van der Waals surface area contributed by atoms with Crippen molar-refractivity contribution in [2.24, 2.45) is 11.5 Å². The van der Waals surface area contributed by atoms with Crippen LogP contribution < -0.4 is 26.8 Å². The zero-order valence-corrected chi connectivity index (χ0v) is 18.9. The number of ether oxygens (including phenoxy) is 2. The molecule has 2 atom stereocenters. The van der Waals surface area contributed by atoms with Gasteiger partial charge in [0.2, 0.25) is 5.88 Å². The van der Waals surface area contributed by atoms with E-state index >= 15 is 0 Å². The summed E-state index contributed by atoms with van der Waals surface area (Å²) < 4.78 is 25.1. The van der Waals surface area contributed by atoms with Crippen LogP contribution in [0.15, 0.2) is 36.4 Å². The van der Waals surface area contributed by atoms with E-state index in [9.17, 15) is 9.18 Å². The fourth-order valence-corrected chi connectivity index (χ4v) is 3.29. The molecule has 176 valence electrons. The average molecular weight is 457 g/mol. The standard InChI is InChI=1S/C23H29FN6O3/c1-4-18(13(2)25)29-23-17(24)12-16(21(26)31)22(30-23)27-15-6-7-19-14(11-15)5-8-20(28-19)33-10-9-32-3/h5-8,11-13,18H,4,9-10,25H2,1-3H3,(H2,26,31)(H2,27,29,30)/t13-,18+/m0/s1. The van der Waals surface area contributed by atoms with Crippen LogP contribution >= 0.6 is 0 Å². The molecule has 1 aromatic carbocycles. The third kappa shape index (κ3) is 6.05. The van der Waals surface area contributed by atoms with Gasteiger partial charge in [0.15, 0.2) is 11.6 Å². The summed E-state index contributed by atoms with van der Waals surface area (Å²) in [5.41, 5.74) is 12.7. The maximum atomic E-state index is 14.6. The average Bonchev–Trinajstić information content (AvgIpc) is 2.78. The molecule has 2 heterocycles. The molecule has 0 saturated carbocycles. The molecule has 0 bridgehead atoms. The molecule has 10 heteroatoms. The van der Waals surface area contributed by atoms with E-state index in [1.807, 2.05) is 26.0 Å². The molecule has 0 saturated heterocycles. The van der Waals surface area contributed by atoms with E-state index in [1.165, 1.54) is 0 Å². The molecule has 0 radical (unpaired) electrons. The van der Waals surface area contributed by atoms with Gasteiger partial charge in [-0.05, 0) is 43.7 Å². The normalized spacial score (nSPS) is 12.9. The topological polar surface area (TPSA) is 137 Å². The van der Waals surface area contributed by atoms with E-state index in [2.05, 4.69) is 20.6 Å². The van der Waals surface area contributed by atoms with Gasteiger partial charge in [-0.2, -0.15) is 0 Å². The van der Waals surface area contributed by atoms with Crippen LogP contribution in [-0.4, -0.2) is 48.3 Å². The highest BCUT2D eigenvalue weighted by Crippen LogP contribution is 2.27. The largest absolute Gasteiger partial charge is 0.475 e. The van der Waals surface area contributed by atoms with Crippen molar-refractivity contribution < 1.29 is 18.7 Å². The third-order valence-corrected chi connectivity index (χ3v) is 5.10. The number of benzene rings is 1. The number of aromatic nitrogens is 2. The number of primary amides is 1. The predicted molar refractivity (Wildman–Crippen MR) is 126 cm³/mol. The molecule has 1 amide bonds. The summed E-state index contributed by atoms with van der Waals surface area (Å²) >= 11 is 0. The lowest BCUT2D eigenvalue weighted by atomic mass is 10.1. The summed E-state index contributed by atoms with van der Waals surface area (Å²) in [6.45, 7) is 4.63. The summed E-state index contributed by atoms with van der Waals surface area (Å²) in [5, 5.41) is 6.91. The van der Waals surface area contributed by atoms with Crippen molar-refractivity contribution in [3.63, 3.8) is 0 Å². The Kier molecular flexibility index (Phi) is 7.96. The quantitative estimate of drug-likeness (QED) is 0.323. The van der Waals surface area contributed by atoms with E-state index in [0.717, 1.165) is 17.0 Å². The van der Waals surface area contributed by atoms with Gasteiger partial charge in [0.25, 0.3) is 5.91 Å². The van der Waals surface area contributed by atoms with Gasteiger partial charge in [0.1, 0.15) is 12.4 Å². The maximum absolute atomic E-state index is 14.6. The van der Waals surface area contributed by atoms with Crippen molar-refractivity contribution in [2.45, 2.75) is 32.4 Å². The number of nitrogens with zero attached hydrogens (tertiary/aromatic N) is 2. The fourth-order valence-electron chi connectivity index (χ4n) is 3.29. The number of pyridine rings is 2. The van der Waals surface area contributed by atoms with Gasteiger partial charge in [0, 0.05) is 36.3 Å². The zero-order chi connectivity index (χ0) is 24.0. The molecule has 0 fully saturated rings. The van der Waals surface area contributed by atoms with Crippen LogP contribution in [0.5, 0.6) is 5.88 Å². The SMILES string of the molecule is CC[C@@H](Nc1nc(Nc2ccc3nc(OCCOC)ccc3c2)c(C(N)=O)cc1F)[C@H](C)N. The molecule has 0 unspecified atom stereocenters. The fraction of sp³-hybridized carbons (Fsp3) is 0.348. The van der Waals surface area contributed by atoms with Gasteiger partial charge in [-0.3, -0.25) is 4.79 Å². The Balaban J connectivity index is 1.89. The number of nitrogens with two attached hydrogens (primary N) is 2. The molecule has 3 aromatic rings. The van der Waals surface area contributed by atoms with Crippen molar-refractivity contribution in [1.29, 1.82) is 0 Å². The van der Waals surface area contributed by atoms with Gasteiger partial charge in [-0.25, -0.2) is 14.4 Å². The lowest BCUT2D eigenvalue weighted by Crippen LogP contribution is -2.38. The van der Waals surface area contributed by atoms with Crippen molar-refractivity contribution in [3.05, 3.63) is 47.8 Å². The molecular weight excluding hydrogens is 427 g/mol. The van der Waals surface area contributed by atoms with Crippen molar-refractivity contribution in [2.75, 3.05) is 31.0 Å². The number of halogens is 1. The first-order valence-corrected chi connectivity index (χ1v) is 10.6. The van der Waals surface area contributed by atoms with E-state index in [4.69, 9.17) is 20.9 Å². The Morgan fingerprint density at radius 1 is 1.15 bits per heavy atom. The minimum absolute atomic E-state index is 0.00745. The van der Waals surface area contributed by atoms with Gasteiger partial charge in [-0.1, -0.05) is 6.92 Å². The molecule has 0 aliphatic carbocycles. The number of rotatable bonds is 11. The minimum Gasteiger partial charge on any atom is -0.475 e. The molecule has 2 aromatic heterocycles. The molecule has 9 nitrogen and oxygen atoms in total. The highest BCUT2D eigenvalue weighted by Gasteiger charge is 2.19. The lowest BCUT2D eigenvalue weighted by molar-refractivity contribution is 0.100. The van der Waals surface area contributed by atoms with E-state index in [1.54, 1.807) is 25.3 Å². The molecule has 0 aliphatic rings. The van der Waals surface area contributed by atoms with Crippen LogP contribution in [0.25, 0.3) is 10.9 Å². The molecule has 3 rings (SSSR count). The Morgan fingerprint density at radius 3 is 2.61 bits per heavy atom. The maximum Gasteiger partial charge on any atom is 0.252 e. The number of methoxy groups -OCH3 is 1. The Labute approximate surface area is 191 Å². The summed E-state index contributed by atoms with van der Waals surface area (Å²) in [7, 11) is 1.60. The smallest absolute Gasteiger partial charge is 0.252 e. The van der Waals surface area contributed by atoms with E-state index < -0.39 is 11.7 Å². The zero-order valence-electron chi connectivity index (χ0n) is 18.9. The van der Waals surface area contributed by atoms with Crippen LogP contribution in [0.3, 0.4) is 0 Å². The first kappa shape index (κ1) is 24.1. The third-order valence-electron chi connectivity index (χ3n) is 5.10. The molecule has 6 N–H and O–H groups in total. The van der Waals surface area contributed by atoms with Crippen LogP contribution in [-0.2, 0) is 4.74 Å². The number of amides is 1. The second-order valence-corrected chi connectivity index (χ2v) is 7.62. The van der Waals surface area contributed by atoms with Gasteiger partial charge in [-0.15, -0.1) is 0 Å². The lowest BCUT2D eigenvalue weighted by Gasteiger charge is -2.22. The number of carbonyl (C=O) groups excluding carboxylic acids is 1. The second-order valence-electron chi connectivity index (χ2n) is 7.62.